The van der Waals surface area contributed by atoms with E-state index in [1.807, 2.05) is 11.8 Å². The lowest BCUT2D eigenvalue weighted by molar-refractivity contribution is -0.134. The molecule has 0 aromatic heterocycles. The molecule has 0 bridgehead atoms. The van der Waals surface area contributed by atoms with E-state index in [1.54, 1.807) is 12.1 Å². The molecule has 0 unspecified atom stereocenters. The van der Waals surface area contributed by atoms with E-state index < -0.39 is 9.84 Å². The monoisotopic (exact) mass is 362 g/mol. The number of nitrogens with one attached hydrogen (secondary N) is 1. The van der Waals surface area contributed by atoms with E-state index in [-0.39, 0.29) is 35.9 Å². The van der Waals surface area contributed by atoms with Crippen LogP contribution >= 0.6 is 12.4 Å². The summed E-state index contributed by atoms with van der Waals surface area (Å²) in [7, 11) is -3.20. The molecular weight excluding hydrogens is 340 g/mol. The van der Waals surface area contributed by atoms with Gasteiger partial charge >= 0.3 is 0 Å². The topological polar surface area (TPSA) is 75.7 Å². The zero-order chi connectivity index (χ0) is 16.2. The number of hydrogen-bond donors (Lipinski definition) is 1. The van der Waals surface area contributed by atoms with Gasteiger partial charge in [-0.1, -0.05) is 0 Å². The molecule has 1 fully saturated rings. The predicted octanol–water partition coefficient (Wildman–Crippen LogP) is 1.10. The average molecular weight is 363 g/mol. The van der Waals surface area contributed by atoms with Crippen molar-refractivity contribution in [3.63, 3.8) is 0 Å². The number of rotatable bonds is 5. The molecule has 6 nitrogen and oxygen atoms in total. The van der Waals surface area contributed by atoms with Crippen LogP contribution in [0.1, 0.15) is 13.3 Å². The number of ether oxygens (including phenoxy) is 1. The van der Waals surface area contributed by atoms with Crippen LogP contribution in [-0.4, -0.2) is 57.8 Å². The van der Waals surface area contributed by atoms with Gasteiger partial charge in [-0.3, -0.25) is 4.79 Å². The summed E-state index contributed by atoms with van der Waals surface area (Å²) in [6, 6.07) is 6.42. The molecule has 1 amide bonds. The number of sulfone groups is 1. The van der Waals surface area contributed by atoms with E-state index in [0.717, 1.165) is 25.9 Å². The normalized spacial score (nSPS) is 18.2. The highest BCUT2D eigenvalue weighted by molar-refractivity contribution is 7.90. The Labute approximate surface area is 143 Å². The van der Waals surface area contributed by atoms with E-state index in [9.17, 15) is 13.2 Å². The maximum Gasteiger partial charge on any atom is 0.226 e. The third-order valence-corrected chi connectivity index (χ3v) is 4.79. The first kappa shape index (κ1) is 19.7. The van der Waals surface area contributed by atoms with Crippen LogP contribution in [0, 0.1) is 0 Å². The number of piperazine rings is 1. The number of carbonyl (C=O) groups excluding carboxylic acids is 1. The minimum atomic E-state index is -3.20. The maximum absolute atomic E-state index is 12.1. The molecule has 0 radical (unpaired) electrons. The summed E-state index contributed by atoms with van der Waals surface area (Å²) < 4.78 is 28.2. The van der Waals surface area contributed by atoms with Crippen LogP contribution in [0.15, 0.2) is 29.2 Å². The smallest absolute Gasteiger partial charge is 0.226 e. The van der Waals surface area contributed by atoms with Crippen molar-refractivity contribution >= 4 is 28.2 Å². The van der Waals surface area contributed by atoms with Crippen LogP contribution in [0.2, 0.25) is 0 Å². The standard InChI is InChI=1S/C15H22N2O4S.ClH/c1-12-11-16-8-9-17(12)15(18)7-10-21-13-3-5-14(6-4-13)22(2,19)20;/h3-6,12,16H,7-11H2,1-2H3;1H/t12-;/m0./s1. The Kier molecular flexibility index (Phi) is 7.31. The molecule has 2 rings (SSSR count). The summed E-state index contributed by atoms with van der Waals surface area (Å²) in [5.74, 6) is 0.648. The number of benzene rings is 1. The van der Waals surface area contributed by atoms with Crippen LogP contribution in [0.5, 0.6) is 5.75 Å². The molecular formula is C15H23ClN2O4S. The Morgan fingerprint density at radius 2 is 2.00 bits per heavy atom. The second-order valence-electron chi connectivity index (χ2n) is 5.48. The number of amides is 1. The molecule has 23 heavy (non-hydrogen) atoms. The maximum atomic E-state index is 12.1. The van der Waals surface area contributed by atoms with Crippen molar-refractivity contribution in [2.24, 2.45) is 0 Å². The zero-order valence-corrected chi connectivity index (χ0v) is 15.0. The van der Waals surface area contributed by atoms with Crippen molar-refractivity contribution in [3.05, 3.63) is 24.3 Å². The van der Waals surface area contributed by atoms with Crippen LogP contribution < -0.4 is 10.1 Å². The fraction of sp³-hybridized carbons (Fsp3) is 0.533. The quantitative estimate of drug-likeness (QED) is 0.849. The van der Waals surface area contributed by atoms with Gasteiger partial charge in [0.2, 0.25) is 5.91 Å². The van der Waals surface area contributed by atoms with Gasteiger partial charge in [0.25, 0.3) is 0 Å². The van der Waals surface area contributed by atoms with Gasteiger partial charge in [-0.05, 0) is 31.2 Å². The van der Waals surface area contributed by atoms with Gasteiger partial charge < -0.3 is 15.0 Å². The van der Waals surface area contributed by atoms with Crippen molar-refractivity contribution < 1.29 is 17.9 Å². The Morgan fingerprint density at radius 1 is 1.35 bits per heavy atom. The minimum Gasteiger partial charge on any atom is -0.493 e. The molecule has 1 aliphatic heterocycles. The summed E-state index contributed by atoms with van der Waals surface area (Å²) >= 11 is 0. The van der Waals surface area contributed by atoms with E-state index >= 15 is 0 Å². The highest BCUT2D eigenvalue weighted by Gasteiger charge is 2.22. The van der Waals surface area contributed by atoms with Crippen LogP contribution in [0.3, 0.4) is 0 Å². The van der Waals surface area contributed by atoms with Crippen molar-refractivity contribution in [1.29, 1.82) is 0 Å². The first-order chi connectivity index (χ1) is 10.4. The lowest BCUT2D eigenvalue weighted by atomic mass is 10.2. The molecule has 1 aromatic rings. The fourth-order valence-electron chi connectivity index (χ4n) is 2.39. The highest BCUT2D eigenvalue weighted by Crippen LogP contribution is 2.16. The first-order valence-corrected chi connectivity index (χ1v) is 9.20. The second kappa shape index (κ2) is 8.52. The number of carbonyl (C=O) groups is 1. The number of hydrogen-bond acceptors (Lipinski definition) is 5. The molecule has 1 atom stereocenters. The summed E-state index contributed by atoms with van der Waals surface area (Å²) in [6.07, 6.45) is 1.48. The second-order valence-corrected chi connectivity index (χ2v) is 7.50. The van der Waals surface area contributed by atoms with E-state index in [2.05, 4.69) is 5.32 Å². The highest BCUT2D eigenvalue weighted by atomic mass is 35.5. The van der Waals surface area contributed by atoms with Gasteiger partial charge in [0.05, 0.1) is 17.9 Å². The van der Waals surface area contributed by atoms with Crippen LogP contribution in [-0.2, 0) is 14.6 Å². The van der Waals surface area contributed by atoms with Crippen molar-refractivity contribution in [1.82, 2.24) is 10.2 Å². The number of nitrogens with zero attached hydrogens (tertiary/aromatic N) is 1. The van der Waals surface area contributed by atoms with Crippen molar-refractivity contribution in [3.8, 4) is 5.75 Å². The molecule has 1 heterocycles. The lowest BCUT2D eigenvalue weighted by Gasteiger charge is -2.34. The van der Waals surface area contributed by atoms with E-state index in [4.69, 9.17) is 4.74 Å². The zero-order valence-electron chi connectivity index (χ0n) is 13.3. The largest absolute Gasteiger partial charge is 0.493 e. The summed E-state index contributed by atoms with van der Waals surface area (Å²) in [6.45, 7) is 4.68. The van der Waals surface area contributed by atoms with Gasteiger partial charge in [0.15, 0.2) is 9.84 Å². The molecule has 1 N–H and O–H groups in total. The van der Waals surface area contributed by atoms with Gasteiger partial charge in [0, 0.05) is 31.9 Å². The van der Waals surface area contributed by atoms with Gasteiger partial charge in [-0.25, -0.2) is 8.42 Å². The van der Waals surface area contributed by atoms with Crippen molar-refractivity contribution in [2.45, 2.75) is 24.3 Å². The predicted molar refractivity (Wildman–Crippen MR) is 91.0 cm³/mol. The van der Waals surface area contributed by atoms with Gasteiger partial charge in [-0.2, -0.15) is 0 Å². The number of halogens is 1. The van der Waals surface area contributed by atoms with Crippen LogP contribution in [0.25, 0.3) is 0 Å². The van der Waals surface area contributed by atoms with Gasteiger partial charge in [0.1, 0.15) is 5.75 Å². The fourth-order valence-corrected chi connectivity index (χ4v) is 3.02. The third-order valence-electron chi connectivity index (χ3n) is 3.66. The molecule has 0 spiro atoms. The molecule has 1 aromatic carbocycles. The molecule has 1 saturated heterocycles. The minimum absolute atomic E-state index is 0. The third kappa shape index (κ3) is 5.67. The Hall–Kier alpha value is -1.31. The lowest BCUT2D eigenvalue weighted by Crippen LogP contribution is -2.52. The Bertz CT molecular complexity index is 619. The molecule has 0 aliphatic carbocycles. The first-order valence-electron chi connectivity index (χ1n) is 7.31. The van der Waals surface area contributed by atoms with E-state index in [1.165, 1.54) is 12.1 Å². The average Bonchev–Trinajstić information content (AvgIpc) is 2.47. The molecule has 8 heteroatoms. The van der Waals surface area contributed by atoms with Crippen LogP contribution in [0.4, 0.5) is 0 Å². The Balaban J connectivity index is 0.00000264. The van der Waals surface area contributed by atoms with Crippen molar-refractivity contribution in [2.75, 3.05) is 32.5 Å². The summed E-state index contributed by atoms with van der Waals surface area (Å²) in [5, 5.41) is 3.24. The molecule has 1 aliphatic rings. The van der Waals surface area contributed by atoms with E-state index in [0.29, 0.717) is 12.2 Å². The molecule has 0 saturated carbocycles. The van der Waals surface area contributed by atoms with Gasteiger partial charge in [-0.15, -0.1) is 12.4 Å². The summed E-state index contributed by atoms with van der Waals surface area (Å²) in [5.41, 5.74) is 0. The SMILES string of the molecule is C[C@H]1CNCCN1C(=O)CCOc1ccc(S(C)(=O)=O)cc1.Cl. The summed E-state index contributed by atoms with van der Waals surface area (Å²) in [4.78, 5) is 14.2. The Morgan fingerprint density at radius 3 is 2.57 bits per heavy atom. The molecule has 130 valence electrons.